The molecule has 0 bridgehead atoms. The van der Waals surface area contributed by atoms with Crippen molar-refractivity contribution in [2.24, 2.45) is 0 Å². The Hall–Kier alpha value is -5.02. The maximum Gasteiger partial charge on any atom is 0.336 e. The fourth-order valence-corrected chi connectivity index (χ4v) is 5.04. The Labute approximate surface area is 233 Å². The Morgan fingerprint density at radius 3 is 2.35 bits per heavy atom. The van der Waals surface area contributed by atoms with Gasteiger partial charge in [-0.05, 0) is 65.2 Å². The number of hydrogen-bond donors (Lipinski definition) is 1. The molecule has 40 heavy (non-hydrogen) atoms. The van der Waals surface area contributed by atoms with E-state index in [4.69, 9.17) is 14.2 Å². The van der Waals surface area contributed by atoms with Crippen molar-refractivity contribution < 1.29 is 28.9 Å². The third-order valence-corrected chi connectivity index (χ3v) is 7.07. The van der Waals surface area contributed by atoms with Gasteiger partial charge in [0.1, 0.15) is 23.4 Å². The van der Waals surface area contributed by atoms with Crippen molar-refractivity contribution in [2.45, 2.75) is 13.0 Å². The number of carbonyl (C=O) groups is 2. The number of Topliss-reactive ketones (excluding diaryl/α,β-unsaturated/α-hetero) is 1. The first-order valence-corrected chi connectivity index (χ1v) is 13.2. The zero-order valence-electron chi connectivity index (χ0n) is 21.1. The number of benzene rings is 4. The summed E-state index contributed by atoms with van der Waals surface area (Å²) in [6, 6.07) is 26.8. The van der Waals surface area contributed by atoms with Crippen LogP contribution in [0.25, 0.3) is 16.6 Å². The Morgan fingerprint density at radius 2 is 1.55 bits per heavy atom. The van der Waals surface area contributed by atoms with Crippen LogP contribution in [-0.4, -0.2) is 32.4 Å². The summed E-state index contributed by atoms with van der Waals surface area (Å²) in [5.74, 6) is 0.139. The molecule has 0 fully saturated rings. The molecule has 1 aliphatic heterocycles. The van der Waals surface area contributed by atoms with E-state index in [-0.39, 0.29) is 24.4 Å². The lowest BCUT2D eigenvalue weighted by Crippen LogP contribution is -2.14. The highest BCUT2D eigenvalue weighted by Gasteiger charge is 2.25. The Kier molecular flexibility index (Phi) is 6.95. The van der Waals surface area contributed by atoms with Gasteiger partial charge in [0.2, 0.25) is 6.79 Å². The number of carboxylic acids is 1. The van der Waals surface area contributed by atoms with Crippen LogP contribution in [0.5, 0.6) is 17.2 Å². The molecule has 4 aromatic carbocycles. The Morgan fingerprint density at radius 1 is 0.800 bits per heavy atom. The van der Waals surface area contributed by atoms with Crippen molar-refractivity contribution in [3.63, 3.8) is 0 Å². The Bertz CT molecular complexity index is 1750. The van der Waals surface area contributed by atoms with Crippen LogP contribution in [0, 0.1) is 0 Å². The lowest BCUT2D eigenvalue weighted by atomic mass is 9.89. The number of ketones is 1. The number of rotatable bonds is 9. The van der Waals surface area contributed by atoms with Crippen LogP contribution in [0.3, 0.4) is 0 Å². The maximum atomic E-state index is 14.0. The maximum absolute atomic E-state index is 14.0. The third-order valence-electron chi connectivity index (χ3n) is 6.51. The summed E-state index contributed by atoms with van der Waals surface area (Å²) >= 11 is 1.04. The highest BCUT2D eigenvalue weighted by molar-refractivity contribution is 7.00. The quantitative estimate of drug-likeness (QED) is 0.177. The molecule has 0 aliphatic carbocycles. The summed E-state index contributed by atoms with van der Waals surface area (Å²) in [6.45, 7) is 0.502. The second kappa shape index (κ2) is 11.0. The van der Waals surface area contributed by atoms with Gasteiger partial charge in [-0.1, -0.05) is 42.5 Å². The van der Waals surface area contributed by atoms with E-state index in [1.54, 1.807) is 60.7 Å². The number of ether oxygens (including phenoxy) is 3. The van der Waals surface area contributed by atoms with Crippen molar-refractivity contribution in [3.8, 4) is 17.2 Å². The van der Waals surface area contributed by atoms with Gasteiger partial charge in [-0.3, -0.25) is 4.79 Å². The zero-order valence-corrected chi connectivity index (χ0v) is 21.9. The van der Waals surface area contributed by atoms with E-state index in [0.717, 1.165) is 17.3 Å². The van der Waals surface area contributed by atoms with Crippen LogP contribution in [0.1, 0.15) is 27.0 Å². The predicted molar refractivity (Wildman–Crippen MR) is 150 cm³/mol. The van der Waals surface area contributed by atoms with Gasteiger partial charge in [-0.2, -0.15) is 8.75 Å². The fourth-order valence-electron chi connectivity index (χ4n) is 4.52. The van der Waals surface area contributed by atoms with Gasteiger partial charge >= 0.3 is 5.97 Å². The molecule has 0 saturated carbocycles. The summed E-state index contributed by atoms with van der Waals surface area (Å²) in [5.41, 5.74) is 3.72. The molecule has 1 aliphatic rings. The second-order valence-electron chi connectivity index (χ2n) is 9.12. The van der Waals surface area contributed by atoms with Crippen LogP contribution in [0.2, 0.25) is 0 Å². The minimum atomic E-state index is -1.21. The van der Waals surface area contributed by atoms with Crippen molar-refractivity contribution in [3.05, 3.63) is 119 Å². The van der Waals surface area contributed by atoms with Crippen LogP contribution in [0.4, 0.5) is 0 Å². The van der Waals surface area contributed by atoms with Crippen molar-refractivity contribution in [1.82, 2.24) is 8.75 Å². The lowest BCUT2D eigenvalue weighted by molar-refractivity contribution is -0.130. The number of hydrogen-bond acceptors (Lipinski definition) is 8. The highest BCUT2D eigenvalue weighted by Crippen LogP contribution is 2.35. The molecule has 0 atom stereocenters. The lowest BCUT2D eigenvalue weighted by Gasteiger charge is -2.14. The zero-order chi connectivity index (χ0) is 27.5. The normalized spacial score (nSPS) is 12.7. The minimum absolute atomic E-state index is 0.0662. The number of aromatic nitrogens is 2. The van der Waals surface area contributed by atoms with E-state index in [0.29, 0.717) is 51.6 Å². The smallest absolute Gasteiger partial charge is 0.336 e. The molecule has 0 amide bonds. The molecule has 198 valence electrons. The first-order chi connectivity index (χ1) is 19.5. The van der Waals surface area contributed by atoms with Crippen LogP contribution < -0.4 is 14.2 Å². The number of allylic oxidation sites excluding steroid dienone is 1. The molecule has 2 heterocycles. The van der Waals surface area contributed by atoms with Gasteiger partial charge in [0.25, 0.3) is 0 Å². The van der Waals surface area contributed by atoms with Gasteiger partial charge in [-0.25, -0.2) is 4.79 Å². The van der Waals surface area contributed by atoms with Crippen molar-refractivity contribution >= 4 is 40.1 Å². The molecule has 8 nitrogen and oxygen atoms in total. The molecular weight excluding hydrogens is 528 g/mol. The van der Waals surface area contributed by atoms with Crippen molar-refractivity contribution in [2.75, 3.05) is 6.79 Å². The largest absolute Gasteiger partial charge is 0.489 e. The van der Waals surface area contributed by atoms with Crippen LogP contribution >= 0.6 is 11.7 Å². The molecule has 1 N–H and O–H groups in total. The van der Waals surface area contributed by atoms with E-state index in [9.17, 15) is 14.7 Å². The van der Waals surface area contributed by atoms with Crippen LogP contribution in [-0.2, 0) is 17.8 Å². The molecular formula is C31H22N2O6S. The number of carbonyl (C=O) groups excluding carboxylic acids is 1. The molecule has 0 unspecified atom stereocenters. The van der Waals surface area contributed by atoms with E-state index >= 15 is 0 Å². The number of carboxylic acid groups (broad SMARTS) is 1. The standard InChI is InChI=1S/C31H22N2O6S/c34-30(21-7-10-23(11-8-21)37-17-19-4-2-1-3-5-19)24(14-20-6-13-27-28(15-20)39-18-38-27)29(31(35)36)22-9-12-25-26(16-22)33-40-32-25/h1-13,15-16H,14,17-18H2,(H,35,36)/b29-24+. The molecule has 0 radical (unpaired) electrons. The van der Waals surface area contributed by atoms with Crippen LogP contribution in [0.15, 0.2) is 96.6 Å². The molecule has 9 heteroatoms. The third kappa shape index (κ3) is 5.27. The second-order valence-corrected chi connectivity index (χ2v) is 9.65. The van der Waals surface area contributed by atoms with E-state index in [1.807, 2.05) is 30.3 Å². The summed E-state index contributed by atoms with van der Waals surface area (Å²) in [5, 5.41) is 10.4. The molecule has 1 aromatic heterocycles. The Balaban J connectivity index is 1.37. The average molecular weight is 551 g/mol. The van der Waals surface area contributed by atoms with Gasteiger partial charge in [0, 0.05) is 17.6 Å². The van der Waals surface area contributed by atoms with Gasteiger partial charge in [-0.15, -0.1) is 0 Å². The monoisotopic (exact) mass is 550 g/mol. The summed E-state index contributed by atoms with van der Waals surface area (Å²) in [4.78, 5) is 26.7. The average Bonchev–Trinajstić information content (AvgIpc) is 3.65. The van der Waals surface area contributed by atoms with E-state index in [2.05, 4.69) is 8.75 Å². The predicted octanol–water partition coefficient (Wildman–Crippen LogP) is 5.96. The molecule has 5 aromatic rings. The van der Waals surface area contributed by atoms with Gasteiger partial charge in [0.05, 0.1) is 17.3 Å². The highest BCUT2D eigenvalue weighted by atomic mass is 32.1. The number of fused-ring (bicyclic) bond motifs is 2. The SMILES string of the molecule is O=C(O)/C(=C(\Cc1ccc2c(c1)OCO2)C(=O)c1ccc(OCc2ccccc2)cc1)c1ccc2nsnc2c1. The molecule has 0 spiro atoms. The topological polar surface area (TPSA) is 108 Å². The molecule has 0 saturated heterocycles. The van der Waals surface area contributed by atoms with E-state index in [1.165, 1.54) is 0 Å². The summed E-state index contributed by atoms with van der Waals surface area (Å²) in [6.07, 6.45) is 0.0662. The van der Waals surface area contributed by atoms with Gasteiger partial charge in [0.15, 0.2) is 17.3 Å². The fraction of sp³-hybridized carbons (Fsp3) is 0.0968. The number of aliphatic carboxylic acids is 1. The van der Waals surface area contributed by atoms with Crippen molar-refractivity contribution in [1.29, 1.82) is 0 Å². The first kappa shape index (κ1) is 25.3. The van der Waals surface area contributed by atoms with Gasteiger partial charge < -0.3 is 19.3 Å². The molecule has 6 rings (SSSR count). The number of nitrogens with zero attached hydrogens (tertiary/aromatic N) is 2. The first-order valence-electron chi connectivity index (χ1n) is 12.4. The summed E-state index contributed by atoms with van der Waals surface area (Å²) < 4.78 is 25.2. The van der Waals surface area contributed by atoms with E-state index < -0.39 is 11.8 Å². The minimum Gasteiger partial charge on any atom is -0.489 e. The summed E-state index contributed by atoms with van der Waals surface area (Å²) in [7, 11) is 0.